The molecule has 1 saturated carbocycles. The highest BCUT2D eigenvalue weighted by molar-refractivity contribution is 6.40. The van der Waals surface area contributed by atoms with Gasteiger partial charge in [0, 0.05) is 18.5 Å². The summed E-state index contributed by atoms with van der Waals surface area (Å²) in [6.07, 6.45) is 1.86. The van der Waals surface area contributed by atoms with Crippen LogP contribution in [0.1, 0.15) is 26.7 Å². The van der Waals surface area contributed by atoms with Crippen LogP contribution in [0.3, 0.4) is 0 Å². The summed E-state index contributed by atoms with van der Waals surface area (Å²) in [6, 6.07) is 0.0693. The third-order valence-corrected chi connectivity index (χ3v) is 3.79. The Morgan fingerprint density at radius 3 is 2.74 bits per heavy atom. The van der Waals surface area contributed by atoms with Crippen LogP contribution in [0.2, 0.25) is 0 Å². The molecule has 6 heteroatoms. The van der Waals surface area contributed by atoms with Crippen molar-refractivity contribution in [2.75, 3.05) is 13.1 Å². The van der Waals surface area contributed by atoms with E-state index in [0.29, 0.717) is 18.8 Å². The van der Waals surface area contributed by atoms with Gasteiger partial charge in [0.2, 0.25) is 5.91 Å². The highest BCUT2D eigenvalue weighted by Crippen LogP contribution is 2.35. The first kappa shape index (κ1) is 12.4. The van der Waals surface area contributed by atoms with E-state index in [1.165, 1.54) is 0 Å². The molecule has 1 aliphatic carbocycles. The molecule has 2 atom stereocenters. The summed E-state index contributed by atoms with van der Waals surface area (Å²) in [4.78, 5) is 31.1. The van der Waals surface area contributed by atoms with Gasteiger partial charge in [0.1, 0.15) is 0 Å². The Kier molecular flexibility index (Phi) is 2.95. The average molecular weight is 265 g/mol. The number of oxime groups is 1. The van der Waals surface area contributed by atoms with Crippen molar-refractivity contribution in [3.63, 3.8) is 0 Å². The second-order valence-electron chi connectivity index (χ2n) is 5.87. The number of fused-ring (bicyclic) bond motifs is 1. The maximum atomic E-state index is 12.0. The number of nitrogens with zero attached hydrogens (tertiary/aromatic N) is 2. The molecule has 2 fully saturated rings. The second kappa shape index (κ2) is 4.51. The zero-order valence-electron chi connectivity index (χ0n) is 11.3. The van der Waals surface area contributed by atoms with Gasteiger partial charge < -0.3 is 15.1 Å². The van der Waals surface area contributed by atoms with E-state index in [9.17, 15) is 9.59 Å². The van der Waals surface area contributed by atoms with Crippen LogP contribution in [0.25, 0.3) is 0 Å². The van der Waals surface area contributed by atoms with Gasteiger partial charge in [-0.25, -0.2) is 0 Å². The lowest BCUT2D eigenvalue weighted by atomic mass is 10.00. The summed E-state index contributed by atoms with van der Waals surface area (Å²) in [5.41, 5.74) is 0.435. The Labute approximate surface area is 112 Å². The van der Waals surface area contributed by atoms with Gasteiger partial charge in [-0.3, -0.25) is 9.59 Å². The minimum Gasteiger partial charge on any atom is -0.389 e. The molecule has 0 aromatic carbocycles. The molecule has 0 radical (unpaired) electrons. The lowest BCUT2D eigenvalue weighted by Gasteiger charge is -2.16. The van der Waals surface area contributed by atoms with Gasteiger partial charge in [-0.05, 0) is 26.7 Å². The van der Waals surface area contributed by atoms with Crippen LogP contribution >= 0.6 is 0 Å². The van der Waals surface area contributed by atoms with Crippen molar-refractivity contribution < 1.29 is 14.4 Å². The maximum Gasteiger partial charge on any atom is 0.269 e. The van der Waals surface area contributed by atoms with Gasteiger partial charge in [-0.1, -0.05) is 5.16 Å². The first-order chi connectivity index (χ1) is 9.06. The van der Waals surface area contributed by atoms with Gasteiger partial charge in [0.25, 0.3) is 5.91 Å². The van der Waals surface area contributed by atoms with Crippen molar-refractivity contribution in [3.8, 4) is 0 Å². The number of carbonyl (C=O) groups is 2. The molecule has 1 saturated heterocycles. The molecule has 3 aliphatic rings. The maximum absolute atomic E-state index is 12.0. The highest BCUT2D eigenvalue weighted by atomic mass is 16.6. The molecule has 0 aromatic heterocycles. The Morgan fingerprint density at radius 1 is 1.37 bits per heavy atom. The number of hydrogen-bond acceptors (Lipinski definition) is 4. The monoisotopic (exact) mass is 265 g/mol. The van der Waals surface area contributed by atoms with E-state index < -0.39 is 0 Å². The molecule has 6 nitrogen and oxygen atoms in total. The molecule has 0 bridgehead atoms. The molecule has 3 rings (SSSR count). The fraction of sp³-hybridized carbons (Fsp3) is 0.769. The summed E-state index contributed by atoms with van der Waals surface area (Å²) in [5, 5.41) is 6.72. The Morgan fingerprint density at radius 2 is 2.11 bits per heavy atom. The first-order valence-corrected chi connectivity index (χ1v) is 6.89. The van der Waals surface area contributed by atoms with E-state index in [1.807, 2.05) is 18.7 Å². The fourth-order valence-corrected chi connectivity index (χ4v) is 2.65. The van der Waals surface area contributed by atoms with Crippen molar-refractivity contribution in [2.24, 2.45) is 17.0 Å². The SMILES string of the molecule is CC(C)NC(=O)C1=NOC2CN(C(=O)C3CC3)CC12. The predicted molar refractivity (Wildman–Crippen MR) is 68.4 cm³/mol. The molecule has 1 N–H and O–H groups in total. The Hall–Kier alpha value is -1.59. The fourth-order valence-electron chi connectivity index (χ4n) is 2.65. The van der Waals surface area contributed by atoms with Crippen LogP contribution in [0.5, 0.6) is 0 Å². The third-order valence-electron chi connectivity index (χ3n) is 3.79. The van der Waals surface area contributed by atoms with E-state index in [2.05, 4.69) is 10.5 Å². The van der Waals surface area contributed by atoms with Crippen molar-refractivity contribution in [3.05, 3.63) is 0 Å². The van der Waals surface area contributed by atoms with Crippen LogP contribution < -0.4 is 5.32 Å². The van der Waals surface area contributed by atoms with Crippen molar-refractivity contribution in [1.82, 2.24) is 10.2 Å². The van der Waals surface area contributed by atoms with E-state index in [4.69, 9.17) is 4.84 Å². The summed E-state index contributed by atoms with van der Waals surface area (Å²) >= 11 is 0. The zero-order chi connectivity index (χ0) is 13.6. The van der Waals surface area contributed by atoms with E-state index in [-0.39, 0.29) is 35.8 Å². The minimum absolute atomic E-state index is 0.0681. The molecule has 104 valence electrons. The summed E-state index contributed by atoms with van der Waals surface area (Å²) in [5.74, 6) is 0.176. The minimum atomic E-state index is -0.178. The number of amides is 2. The Bertz CT molecular complexity index is 442. The van der Waals surface area contributed by atoms with Gasteiger partial charge in [-0.15, -0.1) is 0 Å². The summed E-state index contributed by atoms with van der Waals surface area (Å²) < 4.78 is 0. The average Bonchev–Trinajstić information content (AvgIpc) is 2.97. The lowest BCUT2D eigenvalue weighted by Crippen LogP contribution is -2.40. The van der Waals surface area contributed by atoms with Gasteiger partial charge in [0.15, 0.2) is 11.8 Å². The van der Waals surface area contributed by atoms with Gasteiger partial charge in [0.05, 0.1) is 12.5 Å². The van der Waals surface area contributed by atoms with Crippen molar-refractivity contribution >= 4 is 17.5 Å². The smallest absolute Gasteiger partial charge is 0.269 e. The lowest BCUT2D eigenvalue weighted by molar-refractivity contribution is -0.132. The van der Waals surface area contributed by atoms with E-state index >= 15 is 0 Å². The largest absolute Gasteiger partial charge is 0.389 e. The quantitative estimate of drug-likeness (QED) is 0.788. The summed E-state index contributed by atoms with van der Waals surface area (Å²) in [7, 11) is 0. The summed E-state index contributed by atoms with van der Waals surface area (Å²) in [6.45, 7) is 4.93. The number of likely N-dealkylation sites (tertiary alicyclic amines) is 1. The van der Waals surface area contributed by atoms with Crippen LogP contribution in [0.15, 0.2) is 5.16 Å². The predicted octanol–water partition coefficient (Wildman–Crippen LogP) is 0.134. The molecule has 0 spiro atoms. The third kappa shape index (κ3) is 2.31. The van der Waals surface area contributed by atoms with Gasteiger partial charge >= 0.3 is 0 Å². The number of carbonyl (C=O) groups excluding carboxylic acids is 2. The molecule has 0 aromatic rings. The number of nitrogens with one attached hydrogen (secondary N) is 1. The molecule has 2 unspecified atom stereocenters. The molecule has 2 heterocycles. The first-order valence-electron chi connectivity index (χ1n) is 6.89. The Balaban J connectivity index is 1.64. The normalized spacial score (nSPS) is 29.0. The van der Waals surface area contributed by atoms with Crippen molar-refractivity contribution in [2.45, 2.75) is 38.8 Å². The molecule has 2 amide bonds. The molecule has 19 heavy (non-hydrogen) atoms. The van der Waals surface area contributed by atoms with Crippen LogP contribution in [0, 0.1) is 11.8 Å². The van der Waals surface area contributed by atoms with E-state index in [0.717, 1.165) is 12.8 Å². The zero-order valence-corrected chi connectivity index (χ0v) is 11.3. The number of hydrogen-bond donors (Lipinski definition) is 1. The standard InChI is InChI=1S/C13H19N3O3/c1-7(2)14-12(17)11-9-5-16(6-10(9)19-15-11)13(18)8-3-4-8/h7-10H,3-6H2,1-2H3,(H,14,17). The van der Waals surface area contributed by atoms with Crippen molar-refractivity contribution in [1.29, 1.82) is 0 Å². The molecular weight excluding hydrogens is 246 g/mol. The molecule has 2 aliphatic heterocycles. The van der Waals surface area contributed by atoms with Crippen LogP contribution in [-0.4, -0.2) is 47.7 Å². The highest BCUT2D eigenvalue weighted by Gasteiger charge is 2.48. The second-order valence-corrected chi connectivity index (χ2v) is 5.87. The van der Waals surface area contributed by atoms with Crippen LogP contribution in [-0.2, 0) is 14.4 Å². The van der Waals surface area contributed by atoms with Crippen LogP contribution in [0.4, 0.5) is 0 Å². The molecular formula is C13H19N3O3. The van der Waals surface area contributed by atoms with E-state index in [1.54, 1.807) is 0 Å². The topological polar surface area (TPSA) is 71.0 Å². The van der Waals surface area contributed by atoms with Gasteiger partial charge in [-0.2, -0.15) is 0 Å². The number of rotatable bonds is 3.